The second-order valence-corrected chi connectivity index (χ2v) is 3.71. The molecule has 0 unspecified atom stereocenters. The molecule has 2 aromatic rings. The van der Waals surface area contributed by atoms with Gasteiger partial charge in [-0.2, -0.15) is 0 Å². The Morgan fingerprint density at radius 2 is 2.07 bits per heavy atom. The highest BCUT2D eigenvalue weighted by Gasteiger charge is 2.10. The van der Waals surface area contributed by atoms with E-state index in [-0.39, 0.29) is 0 Å². The van der Waals surface area contributed by atoms with Crippen molar-refractivity contribution in [3.8, 4) is 11.1 Å². The fourth-order valence-corrected chi connectivity index (χ4v) is 1.80. The van der Waals surface area contributed by atoms with Gasteiger partial charge >= 0.3 is 0 Å². The number of halogens is 1. The number of aromatic nitrogens is 1. The van der Waals surface area contributed by atoms with Gasteiger partial charge < -0.3 is 10.3 Å². The molecule has 0 atom stereocenters. The molecule has 0 amide bonds. The molecule has 1 aromatic carbocycles. The molecule has 4 heteroatoms. The first-order valence-corrected chi connectivity index (χ1v) is 5.00. The number of benzene rings is 1. The van der Waals surface area contributed by atoms with Gasteiger partial charge in [0.1, 0.15) is 12.0 Å². The van der Waals surface area contributed by atoms with Crippen LogP contribution in [0.4, 0.5) is 0 Å². The van der Waals surface area contributed by atoms with Crippen LogP contribution < -0.4 is 5.73 Å². The molecule has 2 N–H and O–H groups in total. The van der Waals surface area contributed by atoms with E-state index in [4.69, 9.17) is 10.3 Å². The molecule has 0 saturated heterocycles. The summed E-state index contributed by atoms with van der Waals surface area (Å²) in [7, 11) is 0. The molecule has 0 aliphatic rings. The lowest BCUT2D eigenvalue weighted by molar-refractivity contribution is 0.412. The maximum atomic E-state index is 5.54. The third-order valence-electron chi connectivity index (χ3n) is 2.00. The predicted molar refractivity (Wildman–Crippen MR) is 57.5 cm³/mol. The van der Waals surface area contributed by atoms with Gasteiger partial charge in [0.25, 0.3) is 0 Å². The highest BCUT2D eigenvalue weighted by molar-refractivity contribution is 9.10. The molecule has 72 valence electrons. The molecule has 0 aliphatic carbocycles. The van der Waals surface area contributed by atoms with E-state index >= 15 is 0 Å². The maximum absolute atomic E-state index is 5.54. The van der Waals surface area contributed by atoms with Crippen LogP contribution in [0.1, 0.15) is 5.69 Å². The Morgan fingerprint density at radius 1 is 1.29 bits per heavy atom. The zero-order valence-corrected chi connectivity index (χ0v) is 8.99. The number of hydrogen-bond donors (Lipinski definition) is 1. The SMILES string of the molecule is NCc1nocc1-c1ccccc1Br. The van der Waals surface area contributed by atoms with Gasteiger partial charge in [-0.25, -0.2) is 0 Å². The van der Waals surface area contributed by atoms with Crippen LogP contribution in [0.2, 0.25) is 0 Å². The quantitative estimate of drug-likeness (QED) is 0.894. The minimum atomic E-state index is 0.382. The topological polar surface area (TPSA) is 52.0 Å². The molecule has 3 nitrogen and oxygen atoms in total. The molecule has 1 heterocycles. The lowest BCUT2D eigenvalue weighted by Crippen LogP contribution is -1.98. The first-order valence-electron chi connectivity index (χ1n) is 4.21. The van der Waals surface area contributed by atoms with Crippen LogP contribution >= 0.6 is 15.9 Å². The lowest BCUT2D eigenvalue weighted by atomic mass is 10.1. The molecular formula is C10H9BrN2O. The summed E-state index contributed by atoms with van der Waals surface area (Å²) in [5, 5.41) is 3.83. The lowest BCUT2D eigenvalue weighted by Gasteiger charge is -2.01. The number of rotatable bonds is 2. The summed E-state index contributed by atoms with van der Waals surface area (Å²) in [6.07, 6.45) is 1.61. The molecule has 14 heavy (non-hydrogen) atoms. The van der Waals surface area contributed by atoms with Crippen LogP contribution in [0.3, 0.4) is 0 Å². The zero-order valence-electron chi connectivity index (χ0n) is 7.40. The van der Waals surface area contributed by atoms with Gasteiger partial charge in [-0.15, -0.1) is 0 Å². The zero-order chi connectivity index (χ0) is 9.97. The first-order chi connectivity index (χ1) is 6.83. The molecule has 0 bridgehead atoms. The summed E-state index contributed by atoms with van der Waals surface area (Å²) in [5.74, 6) is 0. The van der Waals surface area contributed by atoms with E-state index in [0.29, 0.717) is 6.54 Å². The van der Waals surface area contributed by atoms with Crippen LogP contribution in [-0.4, -0.2) is 5.16 Å². The Hall–Kier alpha value is -1.13. The van der Waals surface area contributed by atoms with Crippen LogP contribution in [-0.2, 0) is 6.54 Å². The third-order valence-corrected chi connectivity index (χ3v) is 2.69. The van der Waals surface area contributed by atoms with Gasteiger partial charge in [-0.1, -0.05) is 39.3 Å². The van der Waals surface area contributed by atoms with Gasteiger partial charge in [-0.05, 0) is 6.07 Å². The van der Waals surface area contributed by atoms with Crippen molar-refractivity contribution >= 4 is 15.9 Å². The standard InChI is InChI=1S/C10H9BrN2O/c11-9-4-2-1-3-7(9)8-6-14-13-10(8)5-12/h1-4,6H,5,12H2. The fourth-order valence-electron chi connectivity index (χ4n) is 1.31. The Morgan fingerprint density at radius 3 is 2.79 bits per heavy atom. The van der Waals surface area contributed by atoms with E-state index in [1.54, 1.807) is 6.26 Å². The Labute approximate surface area is 90.0 Å². The summed E-state index contributed by atoms with van der Waals surface area (Å²) < 4.78 is 5.91. The van der Waals surface area contributed by atoms with Gasteiger partial charge in [-0.3, -0.25) is 0 Å². The molecular weight excluding hydrogens is 244 g/mol. The van der Waals surface area contributed by atoms with Crippen LogP contribution in [0.15, 0.2) is 39.5 Å². The van der Waals surface area contributed by atoms with Crippen molar-refractivity contribution in [2.24, 2.45) is 5.73 Å². The van der Waals surface area contributed by atoms with E-state index in [9.17, 15) is 0 Å². The summed E-state index contributed by atoms with van der Waals surface area (Å²) in [5.41, 5.74) is 8.31. The van der Waals surface area contributed by atoms with E-state index in [2.05, 4.69) is 21.1 Å². The highest BCUT2D eigenvalue weighted by Crippen LogP contribution is 2.29. The van der Waals surface area contributed by atoms with Crippen molar-refractivity contribution in [1.82, 2.24) is 5.16 Å². The number of hydrogen-bond acceptors (Lipinski definition) is 3. The predicted octanol–water partition coefficient (Wildman–Crippen LogP) is 2.56. The van der Waals surface area contributed by atoms with E-state index in [1.807, 2.05) is 24.3 Å². The molecule has 0 aliphatic heterocycles. The van der Waals surface area contributed by atoms with Crippen molar-refractivity contribution in [2.75, 3.05) is 0 Å². The van der Waals surface area contributed by atoms with Crippen molar-refractivity contribution in [2.45, 2.75) is 6.54 Å². The van der Waals surface area contributed by atoms with Crippen molar-refractivity contribution in [3.05, 3.63) is 40.7 Å². The van der Waals surface area contributed by atoms with Crippen molar-refractivity contribution in [3.63, 3.8) is 0 Å². The molecule has 1 aromatic heterocycles. The molecule has 0 spiro atoms. The van der Waals surface area contributed by atoms with Gasteiger partial charge in [0.05, 0.1) is 0 Å². The van der Waals surface area contributed by atoms with Crippen LogP contribution in [0.25, 0.3) is 11.1 Å². The van der Waals surface area contributed by atoms with E-state index in [0.717, 1.165) is 21.3 Å². The normalized spacial score (nSPS) is 10.4. The fraction of sp³-hybridized carbons (Fsp3) is 0.100. The van der Waals surface area contributed by atoms with E-state index in [1.165, 1.54) is 0 Å². The monoisotopic (exact) mass is 252 g/mol. The second-order valence-electron chi connectivity index (χ2n) is 2.86. The van der Waals surface area contributed by atoms with Crippen molar-refractivity contribution < 1.29 is 4.52 Å². The number of nitrogens with zero attached hydrogens (tertiary/aromatic N) is 1. The minimum absolute atomic E-state index is 0.382. The maximum Gasteiger partial charge on any atom is 0.132 e. The van der Waals surface area contributed by atoms with Crippen LogP contribution in [0, 0.1) is 0 Å². The minimum Gasteiger partial charge on any atom is -0.364 e. The Balaban J connectivity index is 2.54. The Kier molecular flexibility index (Phi) is 2.65. The summed E-state index contributed by atoms with van der Waals surface area (Å²) in [4.78, 5) is 0. The summed E-state index contributed by atoms with van der Waals surface area (Å²) in [6.45, 7) is 0.382. The van der Waals surface area contributed by atoms with Gasteiger partial charge in [0.15, 0.2) is 0 Å². The average Bonchev–Trinajstić information content (AvgIpc) is 2.66. The Bertz CT molecular complexity index is 439. The van der Waals surface area contributed by atoms with E-state index < -0.39 is 0 Å². The van der Waals surface area contributed by atoms with Gasteiger partial charge in [0, 0.05) is 22.1 Å². The van der Waals surface area contributed by atoms with Gasteiger partial charge in [0.2, 0.25) is 0 Å². The summed E-state index contributed by atoms with van der Waals surface area (Å²) >= 11 is 3.47. The third kappa shape index (κ3) is 1.58. The van der Waals surface area contributed by atoms with Crippen molar-refractivity contribution in [1.29, 1.82) is 0 Å². The highest BCUT2D eigenvalue weighted by atomic mass is 79.9. The average molecular weight is 253 g/mol. The van der Waals surface area contributed by atoms with Crippen LogP contribution in [0.5, 0.6) is 0 Å². The number of nitrogens with two attached hydrogens (primary N) is 1. The molecule has 0 fully saturated rings. The molecule has 0 saturated carbocycles. The summed E-state index contributed by atoms with van der Waals surface area (Å²) in [6, 6.07) is 7.90. The molecule has 2 rings (SSSR count). The second kappa shape index (κ2) is 3.94. The molecule has 0 radical (unpaired) electrons. The first kappa shape index (κ1) is 9.43. The largest absolute Gasteiger partial charge is 0.364 e. The smallest absolute Gasteiger partial charge is 0.132 e.